The van der Waals surface area contributed by atoms with Crippen molar-refractivity contribution in [1.82, 2.24) is 9.97 Å². The molecule has 1 heterocycles. The van der Waals surface area contributed by atoms with Gasteiger partial charge in [0, 0.05) is 17.8 Å². The van der Waals surface area contributed by atoms with E-state index in [1.165, 1.54) is 0 Å². The molecule has 0 aliphatic carbocycles. The molecular formula is C13H24N4O. The van der Waals surface area contributed by atoms with Crippen LogP contribution < -0.4 is 15.8 Å². The Balaban J connectivity index is 2.81. The van der Waals surface area contributed by atoms with Gasteiger partial charge in [0.25, 0.3) is 0 Å². The van der Waals surface area contributed by atoms with Crippen molar-refractivity contribution < 1.29 is 4.74 Å². The molecule has 0 radical (unpaired) electrons. The number of hydrogen-bond donors (Lipinski definition) is 2. The van der Waals surface area contributed by atoms with E-state index < -0.39 is 0 Å². The lowest BCUT2D eigenvalue weighted by Gasteiger charge is -2.22. The second-order valence-electron chi connectivity index (χ2n) is 4.68. The molecule has 0 saturated carbocycles. The molecule has 5 heteroatoms. The fourth-order valence-corrected chi connectivity index (χ4v) is 1.74. The largest absolute Gasteiger partial charge is 0.478 e. The van der Waals surface area contributed by atoms with Crippen LogP contribution in [0.4, 0.5) is 5.95 Å². The lowest BCUT2D eigenvalue weighted by Crippen LogP contribution is -2.29. The molecule has 0 fully saturated rings. The summed E-state index contributed by atoms with van der Waals surface area (Å²) >= 11 is 0. The van der Waals surface area contributed by atoms with Crippen molar-refractivity contribution in [2.45, 2.75) is 40.2 Å². The number of anilines is 1. The number of ether oxygens (including phenoxy) is 1. The molecule has 5 nitrogen and oxygen atoms in total. The summed E-state index contributed by atoms with van der Waals surface area (Å²) in [5.74, 6) is 1.71. The molecule has 0 amide bonds. The van der Waals surface area contributed by atoms with Gasteiger partial charge in [-0.15, -0.1) is 0 Å². The predicted octanol–water partition coefficient (Wildman–Crippen LogP) is 1.97. The molecule has 0 aromatic carbocycles. The van der Waals surface area contributed by atoms with Gasteiger partial charge in [-0.2, -0.15) is 4.98 Å². The van der Waals surface area contributed by atoms with Gasteiger partial charge in [-0.1, -0.05) is 13.8 Å². The highest BCUT2D eigenvalue weighted by molar-refractivity contribution is 5.31. The minimum atomic E-state index is 0.284. The molecule has 0 aliphatic rings. The summed E-state index contributed by atoms with van der Waals surface area (Å²) in [6.45, 7) is 9.45. The van der Waals surface area contributed by atoms with Crippen LogP contribution in [-0.2, 0) is 0 Å². The van der Waals surface area contributed by atoms with E-state index in [4.69, 9.17) is 10.5 Å². The summed E-state index contributed by atoms with van der Waals surface area (Å²) in [6, 6.07) is 2.12. The van der Waals surface area contributed by atoms with E-state index in [0.29, 0.717) is 30.9 Å². The fourth-order valence-electron chi connectivity index (χ4n) is 1.74. The maximum Gasteiger partial charge on any atom is 0.226 e. The van der Waals surface area contributed by atoms with Gasteiger partial charge in [0.15, 0.2) is 0 Å². The van der Waals surface area contributed by atoms with Gasteiger partial charge in [0.05, 0.1) is 6.61 Å². The molecule has 18 heavy (non-hydrogen) atoms. The number of nitrogens with two attached hydrogens (primary N) is 1. The van der Waals surface area contributed by atoms with Gasteiger partial charge in [-0.25, -0.2) is 4.98 Å². The summed E-state index contributed by atoms with van der Waals surface area (Å²) in [5, 5.41) is 3.34. The maximum atomic E-state index is 5.62. The Labute approximate surface area is 109 Å². The van der Waals surface area contributed by atoms with Crippen LogP contribution in [-0.4, -0.2) is 29.2 Å². The van der Waals surface area contributed by atoms with Gasteiger partial charge in [0.1, 0.15) is 0 Å². The SMILES string of the molecule is CCOc1cc(C)nc(NC(CCN)C(C)C)n1. The number of nitrogens with one attached hydrogen (secondary N) is 1. The molecule has 1 unspecified atom stereocenters. The van der Waals surface area contributed by atoms with Crippen LogP contribution in [0.1, 0.15) is 32.9 Å². The monoisotopic (exact) mass is 252 g/mol. The summed E-state index contributed by atoms with van der Waals surface area (Å²) < 4.78 is 5.41. The van der Waals surface area contributed by atoms with E-state index in [-0.39, 0.29) is 6.04 Å². The van der Waals surface area contributed by atoms with Crippen LogP contribution in [0.2, 0.25) is 0 Å². The van der Waals surface area contributed by atoms with E-state index in [2.05, 4.69) is 29.1 Å². The molecule has 1 atom stereocenters. The Morgan fingerprint density at radius 1 is 1.39 bits per heavy atom. The Kier molecular flexibility index (Phi) is 5.85. The average Bonchev–Trinajstić information content (AvgIpc) is 2.28. The van der Waals surface area contributed by atoms with Crippen LogP contribution in [0.15, 0.2) is 6.07 Å². The first-order valence-corrected chi connectivity index (χ1v) is 6.51. The first kappa shape index (κ1) is 14.7. The Morgan fingerprint density at radius 3 is 2.67 bits per heavy atom. The normalized spacial score (nSPS) is 12.6. The van der Waals surface area contributed by atoms with Gasteiger partial charge < -0.3 is 15.8 Å². The van der Waals surface area contributed by atoms with Gasteiger partial charge >= 0.3 is 0 Å². The Morgan fingerprint density at radius 2 is 2.11 bits per heavy atom. The van der Waals surface area contributed by atoms with Crippen LogP contribution in [0.5, 0.6) is 5.88 Å². The van der Waals surface area contributed by atoms with Crippen molar-refractivity contribution in [2.24, 2.45) is 11.7 Å². The summed E-state index contributed by atoms with van der Waals surface area (Å²) in [4.78, 5) is 8.72. The summed E-state index contributed by atoms with van der Waals surface area (Å²) in [5.41, 5.74) is 6.52. The molecule has 0 bridgehead atoms. The Bertz CT molecular complexity index is 368. The maximum absolute atomic E-state index is 5.62. The highest BCUT2D eigenvalue weighted by atomic mass is 16.5. The predicted molar refractivity (Wildman–Crippen MR) is 73.9 cm³/mol. The van der Waals surface area contributed by atoms with E-state index in [1.807, 2.05) is 19.9 Å². The smallest absolute Gasteiger partial charge is 0.226 e. The van der Waals surface area contributed by atoms with Crippen molar-refractivity contribution in [2.75, 3.05) is 18.5 Å². The fraction of sp³-hybridized carbons (Fsp3) is 0.692. The van der Waals surface area contributed by atoms with Crippen LogP contribution in [0, 0.1) is 12.8 Å². The first-order valence-electron chi connectivity index (χ1n) is 6.51. The van der Waals surface area contributed by atoms with E-state index in [1.54, 1.807) is 0 Å². The number of nitrogens with zero attached hydrogens (tertiary/aromatic N) is 2. The van der Waals surface area contributed by atoms with Crippen molar-refractivity contribution >= 4 is 5.95 Å². The van der Waals surface area contributed by atoms with Gasteiger partial charge in [0.2, 0.25) is 11.8 Å². The van der Waals surface area contributed by atoms with Gasteiger partial charge in [-0.3, -0.25) is 0 Å². The molecule has 1 aromatic heterocycles. The molecule has 3 N–H and O–H groups in total. The zero-order chi connectivity index (χ0) is 13.5. The van der Waals surface area contributed by atoms with Crippen molar-refractivity contribution in [1.29, 1.82) is 0 Å². The van der Waals surface area contributed by atoms with E-state index >= 15 is 0 Å². The van der Waals surface area contributed by atoms with E-state index in [0.717, 1.165) is 12.1 Å². The topological polar surface area (TPSA) is 73.1 Å². The molecule has 1 rings (SSSR count). The molecular weight excluding hydrogens is 228 g/mol. The third kappa shape index (κ3) is 4.49. The van der Waals surface area contributed by atoms with Crippen LogP contribution in [0.25, 0.3) is 0 Å². The van der Waals surface area contributed by atoms with Crippen LogP contribution in [0.3, 0.4) is 0 Å². The summed E-state index contributed by atoms with van der Waals surface area (Å²) in [7, 11) is 0. The zero-order valence-corrected chi connectivity index (χ0v) is 11.7. The third-order valence-electron chi connectivity index (χ3n) is 2.72. The van der Waals surface area contributed by atoms with Crippen molar-refractivity contribution in [3.05, 3.63) is 11.8 Å². The minimum absolute atomic E-state index is 0.284. The third-order valence-corrected chi connectivity index (χ3v) is 2.72. The first-order chi connectivity index (χ1) is 8.56. The average molecular weight is 252 g/mol. The number of aryl methyl sites for hydroxylation is 1. The Hall–Kier alpha value is -1.36. The van der Waals surface area contributed by atoms with Crippen LogP contribution >= 0.6 is 0 Å². The van der Waals surface area contributed by atoms with E-state index in [9.17, 15) is 0 Å². The number of aromatic nitrogens is 2. The highest BCUT2D eigenvalue weighted by Crippen LogP contribution is 2.16. The summed E-state index contributed by atoms with van der Waals surface area (Å²) in [6.07, 6.45) is 0.902. The highest BCUT2D eigenvalue weighted by Gasteiger charge is 2.14. The standard InChI is InChI=1S/C13H24N4O/c1-5-18-12-8-10(4)15-13(17-12)16-11(6-7-14)9(2)3/h8-9,11H,5-7,14H2,1-4H3,(H,15,16,17). The second kappa shape index (κ2) is 7.16. The lowest BCUT2D eigenvalue weighted by molar-refractivity contribution is 0.326. The van der Waals surface area contributed by atoms with Gasteiger partial charge in [-0.05, 0) is 32.7 Å². The molecule has 0 spiro atoms. The van der Waals surface area contributed by atoms with Crippen molar-refractivity contribution in [3.8, 4) is 5.88 Å². The zero-order valence-electron chi connectivity index (χ0n) is 11.7. The number of hydrogen-bond acceptors (Lipinski definition) is 5. The van der Waals surface area contributed by atoms with Crippen molar-refractivity contribution in [3.63, 3.8) is 0 Å². The number of rotatable bonds is 7. The molecule has 102 valence electrons. The minimum Gasteiger partial charge on any atom is -0.478 e. The quantitative estimate of drug-likeness (QED) is 0.776. The molecule has 1 aromatic rings. The molecule has 0 saturated heterocycles. The second-order valence-corrected chi connectivity index (χ2v) is 4.68. The molecule has 0 aliphatic heterocycles. The lowest BCUT2D eigenvalue weighted by atomic mass is 10.0.